The molecule has 3 rings (SSSR count). The number of ether oxygens (including phenoxy) is 4. The molecule has 5 nitrogen and oxygen atoms in total. The van der Waals surface area contributed by atoms with Gasteiger partial charge in [-0.3, -0.25) is 4.79 Å². The van der Waals surface area contributed by atoms with Gasteiger partial charge >= 0.3 is 5.97 Å². The van der Waals surface area contributed by atoms with Crippen LogP contribution in [0.25, 0.3) is 0 Å². The van der Waals surface area contributed by atoms with Crippen molar-refractivity contribution in [1.29, 1.82) is 0 Å². The summed E-state index contributed by atoms with van der Waals surface area (Å²) in [5, 5.41) is 0. The maximum Gasteiger partial charge on any atom is 0.308 e. The fourth-order valence-electron chi connectivity index (χ4n) is 3.91. The van der Waals surface area contributed by atoms with Crippen LogP contribution in [0.15, 0.2) is 60.7 Å². The van der Waals surface area contributed by atoms with Crippen molar-refractivity contribution in [2.45, 2.75) is 51.8 Å². The molecule has 0 bridgehead atoms. The molecule has 1 aliphatic heterocycles. The smallest absolute Gasteiger partial charge is 0.308 e. The fourth-order valence-corrected chi connectivity index (χ4v) is 3.91. The molecule has 0 N–H and O–H groups in total. The summed E-state index contributed by atoms with van der Waals surface area (Å²) in [6.07, 6.45) is -0.347. The topological polar surface area (TPSA) is 54.0 Å². The summed E-state index contributed by atoms with van der Waals surface area (Å²) in [6.45, 7) is 5.71. The van der Waals surface area contributed by atoms with Gasteiger partial charge < -0.3 is 18.9 Å². The minimum absolute atomic E-state index is 0.120. The van der Waals surface area contributed by atoms with Gasteiger partial charge in [0.25, 0.3) is 0 Å². The summed E-state index contributed by atoms with van der Waals surface area (Å²) >= 11 is 0. The lowest BCUT2D eigenvalue weighted by atomic mass is 9.80. The van der Waals surface area contributed by atoms with Crippen molar-refractivity contribution in [3.63, 3.8) is 0 Å². The molecule has 30 heavy (non-hydrogen) atoms. The minimum Gasteiger partial charge on any atom is -0.469 e. The van der Waals surface area contributed by atoms with E-state index in [0.29, 0.717) is 19.8 Å². The molecule has 1 heterocycles. The SMILES string of the molecule is COC(=O)C[C@H]1O[C@H](COCc2ccccc2)[C@@H](OCc2ccccc2)[C@H](C)[C@@H]1C. The summed E-state index contributed by atoms with van der Waals surface area (Å²) in [7, 11) is 1.41. The molecule has 1 fully saturated rings. The Labute approximate surface area is 179 Å². The van der Waals surface area contributed by atoms with Gasteiger partial charge in [-0.2, -0.15) is 0 Å². The fraction of sp³-hybridized carbons (Fsp3) is 0.480. The van der Waals surface area contributed by atoms with Gasteiger partial charge in [0.05, 0.1) is 45.6 Å². The lowest BCUT2D eigenvalue weighted by Crippen LogP contribution is -2.52. The Morgan fingerprint density at radius 1 is 0.867 bits per heavy atom. The second-order valence-electron chi connectivity index (χ2n) is 7.97. The lowest BCUT2D eigenvalue weighted by Gasteiger charge is -2.44. The highest BCUT2D eigenvalue weighted by Gasteiger charge is 2.43. The number of carbonyl (C=O) groups is 1. The zero-order chi connectivity index (χ0) is 21.3. The van der Waals surface area contributed by atoms with Crippen molar-refractivity contribution in [1.82, 2.24) is 0 Å². The maximum atomic E-state index is 11.9. The highest BCUT2D eigenvalue weighted by atomic mass is 16.6. The number of rotatable bonds is 9. The first-order valence-corrected chi connectivity index (χ1v) is 10.6. The number of hydrogen-bond donors (Lipinski definition) is 0. The van der Waals surface area contributed by atoms with Gasteiger partial charge in [-0.05, 0) is 23.0 Å². The molecule has 1 aliphatic rings. The van der Waals surface area contributed by atoms with Crippen molar-refractivity contribution < 1.29 is 23.7 Å². The molecule has 0 saturated carbocycles. The van der Waals surface area contributed by atoms with Crippen molar-refractivity contribution in [3.05, 3.63) is 71.8 Å². The normalized spacial score (nSPS) is 26.3. The molecule has 162 valence electrons. The molecule has 0 amide bonds. The number of methoxy groups -OCH3 is 1. The molecule has 0 radical (unpaired) electrons. The predicted molar refractivity (Wildman–Crippen MR) is 115 cm³/mol. The first-order chi connectivity index (χ1) is 14.6. The van der Waals surface area contributed by atoms with Gasteiger partial charge in [0, 0.05) is 0 Å². The third-order valence-electron chi connectivity index (χ3n) is 5.92. The van der Waals surface area contributed by atoms with Crippen LogP contribution in [0.1, 0.15) is 31.4 Å². The number of carbonyl (C=O) groups excluding carboxylic acids is 1. The second-order valence-corrected chi connectivity index (χ2v) is 7.97. The number of benzene rings is 2. The van der Waals surface area contributed by atoms with E-state index in [-0.39, 0.29) is 42.5 Å². The van der Waals surface area contributed by atoms with Crippen LogP contribution in [0.2, 0.25) is 0 Å². The molecule has 5 atom stereocenters. The third-order valence-corrected chi connectivity index (χ3v) is 5.92. The van der Waals surface area contributed by atoms with Gasteiger partial charge in [0.15, 0.2) is 0 Å². The van der Waals surface area contributed by atoms with Crippen LogP contribution in [0.4, 0.5) is 0 Å². The Kier molecular flexibility index (Phi) is 8.43. The van der Waals surface area contributed by atoms with E-state index in [1.165, 1.54) is 7.11 Å². The Bertz CT molecular complexity index is 764. The van der Waals surface area contributed by atoms with Gasteiger partial charge in [-0.15, -0.1) is 0 Å². The van der Waals surface area contributed by atoms with Gasteiger partial charge in [-0.25, -0.2) is 0 Å². The quantitative estimate of drug-likeness (QED) is 0.572. The van der Waals surface area contributed by atoms with Gasteiger partial charge in [-0.1, -0.05) is 74.5 Å². The molecular formula is C25H32O5. The average Bonchev–Trinajstić information content (AvgIpc) is 2.78. The molecule has 2 aromatic carbocycles. The monoisotopic (exact) mass is 412 g/mol. The zero-order valence-corrected chi connectivity index (χ0v) is 18.0. The van der Waals surface area contributed by atoms with Crippen LogP contribution >= 0.6 is 0 Å². The molecule has 0 unspecified atom stereocenters. The van der Waals surface area contributed by atoms with E-state index in [2.05, 4.69) is 26.0 Å². The van der Waals surface area contributed by atoms with Gasteiger partial charge in [0.2, 0.25) is 0 Å². The Balaban J connectivity index is 1.66. The first kappa shape index (κ1) is 22.5. The Morgan fingerprint density at radius 2 is 1.47 bits per heavy atom. The molecule has 2 aromatic rings. The van der Waals surface area contributed by atoms with Gasteiger partial charge in [0.1, 0.15) is 6.10 Å². The molecule has 0 spiro atoms. The van der Waals surface area contributed by atoms with Crippen LogP contribution in [0, 0.1) is 11.8 Å². The van der Waals surface area contributed by atoms with E-state index in [0.717, 1.165) is 11.1 Å². The Morgan fingerprint density at radius 3 is 2.07 bits per heavy atom. The molecule has 5 heteroatoms. The van der Waals surface area contributed by atoms with E-state index in [1.807, 2.05) is 48.5 Å². The summed E-state index contributed by atoms with van der Waals surface area (Å²) in [6, 6.07) is 20.2. The average molecular weight is 413 g/mol. The molecule has 0 aliphatic carbocycles. The van der Waals surface area contributed by atoms with E-state index < -0.39 is 0 Å². The van der Waals surface area contributed by atoms with Crippen LogP contribution in [0.3, 0.4) is 0 Å². The molecule has 1 saturated heterocycles. The Hall–Kier alpha value is -2.21. The standard InChI is InChI=1S/C25H32O5/c1-18-19(2)25(29-16-21-12-8-5-9-13-21)23(30-22(18)14-24(26)27-3)17-28-15-20-10-6-4-7-11-20/h4-13,18-19,22-23,25H,14-17H2,1-3H3/t18-,19+,22+,23+,25-/m0/s1. The van der Waals surface area contributed by atoms with Crippen molar-refractivity contribution in [2.75, 3.05) is 13.7 Å². The summed E-state index contributed by atoms with van der Waals surface area (Å²) in [5.74, 6) is 0.115. The van der Waals surface area contributed by atoms with E-state index >= 15 is 0 Å². The first-order valence-electron chi connectivity index (χ1n) is 10.6. The van der Waals surface area contributed by atoms with Crippen molar-refractivity contribution >= 4 is 5.97 Å². The van der Waals surface area contributed by atoms with Crippen LogP contribution in [-0.4, -0.2) is 38.0 Å². The molecular weight excluding hydrogens is 380 g/mol. The third kappa shape index (κ3) is 6.14. The lowest BCUT2D eigenvalue weighted by molar-refractivity contribution is -0.210. The summed E-state index contributed by atoms with van der Waals surface area (Å²) in [4.78, 5) is 11.9. The summed E-state index contributed by atoms with van der Waals surface area (Å²) in [5.41, 5.74) is 2.24. The van der Waals surface area contributed by atoms with Crippen LogP contribution < -0.4 is 0 Å². The van der Waals surface area contributed by atoms with Crippen molar-refractivity contribution in [3.8, 4) is 0 Å². The largest absolute Gasteiger partial charge is 0.469 e. The predicted octanol–water partition coefficient (Wildman–Crippen LogP) is 4.39. The second kappa shape index (κ2) is 11.3. The van der Waals surface area contributed by atoms with Crippen LogP contribution in [-0.2, 0) is 37.0 Å². The van der Waals surface area contributed by atoms with E-state index in [9.17, 15) is 4.79 Å². The van der Waals surface area contributed by atoms with E-state index in [4.69, 9.17) is 18.9 Å². The van der Waals surface area contributed by atoms with Crippen LogP contribution in [0.5, 0.6) is 0 Å². The number of esters is 1. The minimum atomic E-state index is -0.258. The number of hydrogen-bond acceptors (Lipinski definition) is 5. The van der Waals surface area contributed by atoms with E-state index in [1.54, 1.807) is 0 Å². The maximum absolute atomic E-state index is 11.9. The van der Waals surface area contributed by atoms with Crippen molar-refractivity contribution in [2.24, 2.45) is 11.8 Å². The zero-order valence-electron chi connectivity index (χ0n) is 18.0. The molecule has 0 aromatic heterocycles. The highest BCUT2D eigenvalue weighted by Crippen LogP contribution is 2.35. The summed E-state index contributed by atoms with van der Waals surface area (Å²) < 4.78 is 23.5. The highest BCUT2D eigenvalue weighted by molar-refractivity contribution is 5.69.